The topological polar surface area (TPSA) is 9.23 Å². The summed E-state index contributed by atoms with van der Waals surface area (Å²) in [6.07, 6.45) is 8.52. The molecule has 22 heavy (non-hydrogen) atoms. The fourth-order valence-electron chi connectivity index (χ4n) is 2.46. The number of ether oxygens (including phenoxy) is 1. The van der Waals surface area contributed by atoms with E-state index in [1.165, 1.54) is 16.3 Å². The fourth-order valence-corrected chi connectivity index (χ4v) is 2.46. The Hall–Kier alpha value is -1.94. The van der Waals surface area contributed by atoms with Crippen LogP contribution >= 0.6 is 0 Å². The summed E-state index contributed by atoms with van der Waals surface area (Å²) in [4.78, 5) is 0. The summed E-state index contributed by atoms with van der Waals surface area (Å²) in [5, 5.41) is 2.45. The number of fused-ring (bicyclic) bond motifs is 1. The van der Waals surface area contributed by atoms with Gasteiger partial charge in [0.05, 0.1) is 0 Å². The van der Waals surface area contributed by atoms with E-state index in [0.717, 1.165) is 25.0 Å². The van der Waals surface area contributed by atoms with Gasteiger partial charge in [0.1, 0.15) is 11.4 Å². The third kappa shape index (κ3) is 4.04. The first kappa shape index (κ1) is 16.4. The summed E-state index contributed by atoms with van der Waals surface area (Å²) in [5.74, 6) is 4.13. The minimum absolute atomic E-state index is 0.130. The molecule has 2 aromatic carbocycles. The molecule has 116 valence electrons. The number of rotatable bonds is 6. The Morgan fingerprint density at radius 1 is 1.09 bits per heavy atom. The first-order valence-corrected chi connectivity index (χ1v) is 8.15. The van der Waals surface area contributed by atoms with Crippen LogP contribution in [0.5, 0.6) is 5.75 Å². The zero-order chi connectivity index (χ0) is 16.2. The summed E-state index contributed by atoms with van der Waals surface area (Å²) in [7, 11) is 0. The van der Waals surface area contributed by atoms with E-state index in [0.29, 0.717) is 5.92 Å². The third-order valence-corrected chi connectivity index (χ3v) is 4.33. The Labute approximate surface area is 134 Å². The van der Waals surface area contributed by atoms with Gasteiger partial charge in [-0.1, -0.05) is 38.1 Å². The zero-order valence-electron chi connectivity index (χ0n) is 14.1. The lowest BCUT2D eigenvalue weighted by molar-refractivity contribution is 0.105. The van der Waals surface area contributed by atoms with Crippen LogP contribution in [0.15, 0.2) is 36.4 Å². The minimum Gasteiger partial charge on any atom is -0.488 e. The number of hydrogen-bond donors (Lipinski definition) is 0. The normalized spacial score (nSPS) is 12.9. The van der Waals surface area contributed by atoms with E-state index in [-0.39, 0.29) is 5.60 Å². The van der Waals surface area contributed by atoms with Gasteiger partial charge in [0.25, 0.3) is 0 Å². The third-order valence-electron chi connectivity index (χ3n) is 4.33. The lowest BCUT2D eigenvalue weighted by Gasteiger charge is -2.25. The van der Waals surface area contributed by atoms with Gasteiger partial charge in [-0.2, -0.15) is 0 Å². The highest BCUT2D eigenvalue weighted by molar-refractivity contribution is 5.84. The van der Waals surface area contributed by atoms with Crippen LogP contribution in [0.25, 0.3) is 10.8 Å². The first-order chi connectivity index (χ1) is 10.5. The van der Waals surface area contributed by atoms with Crippen molar-refractivity contribution in [3.63, 3.8) is 0 Å². The van der Waals surface area contributed by atoms with Crippen molar-refractivity contribution in [3.05, 3.63) is 42.0 Å². The van der Waals surface area contributed by atoms with Crippen LogP contribution in [-0.4, -0.2) is 5.60 Å². The molecule has 0 bridgehead atoms. The molecule has 0 fully saturated rings. The van der Waals surface area contributed by atoms with Crippen molar-refractivity contribution in [2.24, 2.45) is 5.92 Å². The number of terminal acetylenes is 1. The molecule has 0 heterocycles. The van der Waals surface area contributed by atoms with Crippen molar-refractivity contribution in [2.75, 3.05) is 0 Å². The van der Waals surface area contributed by atoms with Crippen LogP contribution in [0.1, 0.15) is 46.1 Å². The van der Waals surface area contributed by atoms with E-state index >= 15 is 0 Å². The second-order valence-electron chi connectivity index (χ2n) is 6.53. The Morgan fingerprint density at radius 2 is 1.77 bits per heavy atom. The number of benzene rings is 2. The largest absolute Gasteiger partial charge is 0.488 e. The summed E-state index contributed by atoms with van der Waals surface area (Å²) in [6.45, 7) is 8.52. The Kier molecular flexibility index (Phi) is 5.14. The van der Waals surface area contributed by atoms with Crippen molar-refractivity contribution in [1.82, 2.24) is 0 Å². The van der Waals surface area contributed by atoms with Crippen molar-refractivity contribution in [2.45, 2.75) is 52.6 Å². The summed E-state index contributed by atoms with van der Waals surface area (Å²) in [6, 6.07) is 12.9. The molecule has 0 aromatic heterocycles. The molecule has 0 spiro atoms. The smallest absolute Gasteiger partial charge is 0.120 e. The van der Waals surface area contributed by atoms with Crippen molar-refractivity contribution in [1.29, 1.82) is 0 Å². The average molecular weight is 294 g/mol. The average Bonchev–Trinajstić information content (AvgIpc) is 2.52. The molecule has 1 unspecified atom stereocenters. The standard InChI is InChI=1S/C21H26O/c1-6-16(7-2)13-17-9-10-19-15-20(12-11-18(19)14-17)22-21(4,5)8-3/h1,9-12,14-16H,7-8,13H2,2-5H3. The van der Waals surface area contributed by atoms with Crippen molar-refractivity contribution < 1.29 is 4.74 Å². The van der Waals surface area contributed by atoms with Gasteiger partial charge < -0.3 is 4.74 Å². The molecule has 1 heteroatoms. The molecule has 0 saturated heterocycles. The highest BCUT2D eigenvalue weighted by atomic mass is 16.5. The summed E-state index contributed by atoms with van der Waals surface area (Å²) >= 11 is 0. The van der Waals surface area contributed by atoms with Gasteiger partial charge in [-0.25, -0.2) is 0 Å². The molecule has 0 amide bonds. The molecular weight excluding hydrogens is 268 g/mol. The maximum absolute atomic E-state index is 6.06. The second kappa shape index (κ2) is 6.88. The van der Waals surface area contributed by atoms with Gasteiger partial charge in [-0.15, -0.1) is 12.3 Å². The Bertz CT molecular complexity index is 676. The van der Waals surface area contributed by atoms with Crippen LogP contribution < -0.4 is 4.74 Å². The SMILES string of the molecule is C#CC(CC)Cc1ccc2cc(OC(C)(C)CC)ccc2c1. The molecule has 2 rings (SSSR count). The molecule has 0 aliphatic rings. The predicted octanol–water partition coefficient (Wildman–Crippen LogP) is 5.61. The molecular formula is C21H26O. The van der Waals surface area contributed by atoms with E-state index in [2.05, 4.69) is 70.0 Å². The summed E-state index contributed by atoms with van der Waals surface area (Å²) < 4.78 is 6.06. The quantitative estimate of drug-likeness (QED) is 0.629. The second-order valence-corrected chi connectivity index (χ2v) is 6.53. The minimum atomic E-state index is -0.130. The molecule has 0 aliphatic carbocycles. The van der Waals surface area contributed by atoms with Gasteiger partial charge in [-0.3, -0.25) is 0 Å². The van der Waals surface area contributed by atoms with Gasteiger partial charge in [0.15, 0.2) is 0 Å². The lowest BCUT2D eigenvalue weighted by atomic mass is 9.96. The molecule has 1 nitrogen and oxygen atoms in total. The molecule has 0 radical (unpaired) electrons. The van der Waals surface area contributed by atoms with Crippen LogP contribution in [0, 0.1) is 18.3 Å². The molecule has 0 aliphatic heterocycles. The van der Waals surface area contributed by atoms with Crippen LogP contribution in [-0.2, 0) is 6.42 Å². The van der Waals surface area contributed by atoms with Gasteiger partial charge in [-0.05, 0) is 61.6 Å². The number of hydrogen-bond acceptors (Lipinski definition) is 1. The van der Waals surface area contributed by atoms with Gasteiger partial charge in [0.2, 0.25) is 0 Å². The van der Waals surface area contributed by atoms with E-state index in [9.17, 15) is 0 Å². The monoisotopic (exact) mass is 294 g/mol. The van der Waals surface area contributed by atoms with Crippen LogP contribution in [0.2, 0.25) is 0 Å². The van der Waals surface area contributed by atoms with E-state index in [4.69, 9.17) is 11.2 Å². The van der Waals surface area contributed by atoms with Crippen molar-refractivity contribution in [3.8, 4) is 18.1 Å². The van der Waals surface area contributed by atoms with Gasteiger partial charge in [0, 0.05) is 5.92 Å². The van der Waals surface area contributed by atoms with Crippen LogP contribution in [0.3, 0.4) is 0 Å². The first-order valence-electron chi connectivity index (χ1n) is 8.15. The Balaban J connectivity index is 2.24. The zero-order valence-corrected chi connectivity index (χ0v) is 14.1. The van der Waals surface area contributed by atoms with E-state index in [1.807, 2.05) is 0 Å². The maximum atomic E-state index is 6.06. The highest BCUT2D eigenvalue weighted by Crippen LogP contribution is 2.26. The molecule has 2 aromatic rings. The van der Waals surface area contributed by atoms with E-state index < -0.39 is 0 Å². The lowest BCUT2D eigenvalue weighted by Crippen LogP contribution is -2.26. The van der Waals surface area contributed by atoms with E-state index in [1.54, 1.807) is 0 Å². The molecule has 0 saturated carbocycles. The molecule has 1 atom stereocenters. The predicted molar refractivity (Wildman–Crippen MR) is 95.3 cm³/mol. The highest BCUT2D eigenvalue weighted by Gasteiger charge is 2.16. The Morgan fingerprint density at radius 3 is 2.41 bits per heavy atom. The fraction of sp³-hybridized carbons (Fsp3) is 0.429. The maximum Gasteiger partial charge on any atom is 0.120 e. The molecule has 0 N–H and O–H groups in total. The van der Waals surface area contributed by atoms with Crippen molar-refractivity contribution >= 4 is 10.8 Å². The summed E-state index contributed by atoms with van der Waals surface area (Å²) in [5.41, 5.74) is 1.18. The van der Waals surface area contributed by atoms with Gasteiger partial charge >= 0.3 is 0 Å². The van der Waals surface area contributed by atoms with Crippen LogP contribution in [0.4, 0.5) is 0 Å².